The van der Waals surface area contributed by atoms with Crippen molar-refractivity contribution in [3.05, 3.63) is 80.7 Å². The van der Waals surface area contributed by atoms with Gasteiger partial charge in [0.05, 0.1) is 29.6 Å². The number of hydrogen-bond donors (Lipinski definition) is 2. The third kappa shape index (κ3) is 6.72. The summed E-state index contributed by atoms with van der Waals surface area (Å²) in [5, 5.41) is 18.9. The summed E-state index contributed by atoms with van der Waals surface area (Å²) in [7, 11) is -3.66. The highest BCUT2D eigenvalue weighted by Gasteiger charge is 2.39. The smallest absolute Gasteiger partial charge is 0.382 e. The van der Waals surface area contributed by atoms with Crippen LogP contribution in [0, 0.1) is 0 Å². The molecule has 2 aromatic heterocycles. The quantitative estimate of drug-likeness (QED) is 0.293. The molecule has 40 heavy (non-hydrogen) atoms. The molecule has 2 atom stereocenters. The van der Waals surface area contributed by atoms with Gasteiger partial charge in [0.25, 0.3) is 0 Å². The molecule has 0 bridgehead atoms. The molecule has 4 aromatic rings. The van der Waals surface area contributed by atoms with E-state index >= 15 is 0 Å². The second kappa shape index (κ2) is 11.3. The van der Waals surface area contributed by atoms with Crippen LogP contribution in [0.25, 0.3) is 17.1 Å². The first-order chi connectivity index (χ1) is 18.6. The number of aromatic nitrogens is 6. The molecule has 0 aliphatic heterocycles. The number of nitrogens with zero attached hydrogens (tertiary/aromatic N) is 6. The van der Waals surface area contributed by atoms with Crippen LogP contribution in [0.5, 0.6) is 0 Å². The molecule has 0 aliphatic rings. The fourth-order valence-corrected chi connectivity index (χ4v) is 4.91. The third-order valence-electron chi connectivity index (χ3n) is 5.58. The van der Waals surface area contributed by atoms with Crippen molar-refractivity contribution in [2.75, 3.05) is 6.26 Å². The highest BCUT2D eigenvalue weighted by molar-refractivity contribution is 7.88. The second-order valence-corrected chi connectivity index (χ2v) is 11.4. The summed E-state index contributed by atoms with van der Waals surface area (Å²) in [5.41, 5.74) is -0.324. The van der Waals surface area contributed by atoms with Crippen molar-refractivity contribution in [1.82, 2.24) is 33.8 Å². The number of rotatable bonds is 9. The number of benzene rings is 2. The minimum absolute atomic E-state index is 0.0113. The van der Waals surface area contributed by atoms with Crippen molar-refractivity contribution in [2.45, 2.75) is 38.3 Å². The summed E-state index contributed by atoms with van der Waals surface area (Å²) >= 11 is 12.2. The van der Waals surface area contributed by atoms with Crippen LogP contribution in [-0.4, -0.2) is 61.2 Å². The monoisotopic (exact) mass is 619 g/mol. The Morgan fingerprint density at radius 1 is 1.07 bits per heavy atom. The Kier molecular flexibility index (Phi) is 8.42. The van der Waals surface area contributed by atoms with Crippen molar-refractivity contribution in [2.24, 2.45) is 0 Å². The van der Waals surface area contributed by atoms with Gasteiger partial charge >= 0.3 is 11.9 Å². The maximum Gasteiger partial charge on any atom is 0.416 e. The van der Waals surface area contributed by atoms with Gasteiger partial charge < -0.3 is 5.11 Å². The Labute approximate surface area is 235 Å². The van der Waals surface area contributed by atoms with Gasteiger partial charge in [-0.15, -0.1) is 10.2 Å². The average molecular weight is 620 g/mol. The van der Waals surface area contributed by atoms with Crippen molar-refractivity contribution in [3.63, 3.8) is 0 Å². The lowest BCUT2D eigenvalue weighted by atomic mass is 10.2. The number of sulfonamides is 1. The van der Waals surface area contributed by atoms with Crippen LogP contribution in [0.2, 0.25) is 10.0 Å². The lowest BCUT2D eigenvalue weighted by Gasteiger charge is -2.15. The van der Waals surface area contributed by atoms with Crippen LogP contribution in [0.3, 0.4) is 0 Å². The fraction of sp³-hybridized carbons (Fsp3) is 0.304. The Hall–Kier alpha value is -3.24. The molecule has 11 nitrogen and oxygen atoms in total. The number of para-hydroxylation sites is 1. The SMILES string of the molecule is CC(NS(C)(=O)=O)c1nc(Cn2nc(-c3ccc(Cl)cc3)n(CC(O)C(F)(F)F)c2=O)nn1-c1ccccc1Cl. The summed E-state index contributed by atoms with van der Waals surface area (Å²) in [5.74, 6) is -0.0305. The van der Waals surface area contributed by atoms with E-state index in [-0.39, 0.29) is 28.1 Å². The normalized spacial score (nSPS) is 13.9. The molecule has 0 fully saturated rings. The predicted octanol–water partition coefficient (Wildman–Crippen LogP) is 3.18. The van der Waals surface area contributed by atoms with Crippen LogP contribution in [0.1, 0.15) is 24.6 Å². The van der Waals surface area contributed by atoms with Gasteiger partial charge in [-0.25, -0.2) is 32.3 Å². The van der Waals surface area contributed by atoms with E-state index in [4.69, 9.17) is 23.2 Å². The zero-order valence-electron chi connectivity index (χ0n) is 20.8. The largest absolute Gasteiger partial charge is 0.416 e. The molecule has 0 radical (unpaired) electrons. The summed E-state index contributed by atoms with van der Waals surface area (Å²) in [6.07, 6.45) is -6.84. The molecule has 17 heteroatoms. The maximum absolute atomic E-state index is 13.2. The molecule has 214 valence electrons. The van der Waals surface area contributed by atoms with E-state index in [1.807, 2.05) is 0 Å². The molecule has 2 unspecified atom stereocenters. The van der Waals surface area contributed by atoms with E-state index in [2.05, 4.69) is 19.9 Å². The van der Waals surface area contributed by atoms with Crippen molar-refractivity contribution in [3.8, 4) is 17.1 Å². The molecule has 0 amide bonds. The van der Waals surface area contributed by atoms with Gasteiger partial charge in [0.2, 0.25) is 10.0 Å². The van der Waals surface area contributed by atoms with E-state index in [1.165, 1.54) is 35.9 Å². The van der Waals surface area contributed by atoms with E-state index in [0.29, 0.717) is 15.3 Å². The molecular formula is C23H22Cl2F3N7O4S. The van der Waals surface area contributed by atoms with Crippen LogP contribution in [0.15, 0.2) is 53.3 Å². The van der Waals surface area contributed by atoms with Gasteiger partial charge in [-0.1, -0.05) is 35.3 Å². The Bertz CT molecular complexity index is 1690. The highest BCUT2D eigenvalue weighted by atomic mass is 35.5. The van der Waals surface area contributed by atoms with Gasteiger partial charge in [-0.05, 0) is 43.3 Å². The summed E-state index contributed by atoms with van der Waals surface area (Å²) < 4.78 is 68.4. The maximum atomic E-state index is 13.2. The third-order valence-corrected chi connectivity index (χ3v) is 6.94. The number of alkyl halides is 3. The minimum atomic E-state index is -4.98. The molecule has 4 rings (SSSR count). The number of nitrogens with one attached hydrogen (secondary N) is 1. The number of aliphatic hydroxyl groups excluding tert-OH is 1. The average Bonchev–Trinajstić information content (AvgIpc) is 3.40. The van der Waals surface area contributed by atoms with E-state index in [0.717, 1.165) is 10.9 Å². The molecule has 0 saturated heterocycles. The number of aliphatic hydroxyl groups is 1. The van der Waals surface area contributed by atoms with Crippen LogP contribution >= 0.6 is 23.2 Å². The fourth-order valence-electron chi connectivity index (χ4n) is 3.82. The second-order valence-electron chi connectivity index (χ2n) is 8.80. The van der Waals surface area contributed by atoms with Gasteiger partial charge in [0.15, 0.2) is 23.6 Å². The first-order valence-corrected chi connectivity index (χ1v) is 14.1. The molecule has 2 heterocycles. The Morgan fingerprint density at radius 3 is 2.33 bits per heavy atom. The Morgan fingerprint density at radius 2 is 1.73 bits per heavy atom. The topological polar surface area (TPSA) is 137 Å². The van der Waals surface area contributed by atoms with Crippen molar-refractivity contribution < 1.29 is 26.7 Å². The predicted molar refractivity (Wildman–Crippen MR) is 141 cm³/mol. The van der Waals surface area contributed by atoms with Gasteiger partial charge in [-0.3, -0.25) is 4.57 Å². The first kappa shape index (κ1) is 29.7. The molecule has 0 aliphatic carbocycles. The molecule has 2 N–H and O–H groups in total. The van der Waals surface area contributed by atoms with Gasteiger partial charge in [0, 0.05) is 10.6 Å². The lowest BCUT2D eigenvalue weighted by molar-refractivity contribution is -0.207. The Balaban J connectivity index is 1.80. The molecule has 2 aromatic carbocycles. The van der Waals surface area contributed by atoms with E-state index < -0.39 is 47.1 Å². The zero-order chi connectivity index (χ0) is 29.4. The lowest BCUT2D eigenvalue weighted by Crippen LogP contribution is -2.37. The van der Waals surface area contributed by atoms with Crippen LogP contribution in [0.4, 0.5) is 13.2 Å². The summed E-state index contributed by atoms with van der Waals surface area (Å²) in [6, 6.07) is 11.6. The standard InChI is InChI=1S/C23H22Cl2F3N7O4S/c1-13(32-40(2,38)39)20-29-19(30-35(20)17-6-4-3-5-16(17)25)12-34-22(37)33(11-18(36)23(26,27)28)21(31-34)14-7-9-15(24)10-8-14/h3-10,13,18,32,36H,11-12H2,1-2H3. The van der Waals surface area contributed by atoms with E-state index in [9.17, 15) is 31.5 Å². The van der Waals surface area contributed by atoms with E-state index in [1.54, 1.807) is 24.3 Å². The highest BCUT2D eigenvalue weighted by Crippen LogP contribution is 2.25. The van der Waals surface area contributed by atoms with Gasteiger partial charge in [0.1, 0.15) is 6.54 Å². The zero-order valence-corrected chi connectivity index (χ0v) is 23.2. The summed E-state index contributed by atoms with van der Waals surface area (Å²) in [6.45, 7) is 0.0210. The number of halogens is 5. The van der Waals surface area contributed by atoms with Crippen molar-refractivity contribution >= 4 is 33.2 Å². The van der Waals surface area contributed by atoms with Crippen molar-refractivity contribution in [1.29, 1.82) is 0 Å². The van der Waals surface area contributed by atoms with Crippen LogP contribution in [-0.2, 0) is 23.1 Å². The molecule has 0 spiro atoms. The minimum Gasteiger partial charge on any atom is -0.382 e. The first-order valence-electron chi connectivity index (χ1n) is 11.5. The molecule has 0 saturated carbocycles. The number of hydrogen-bond acceptors (Lipinski definition) is 7. The summed E-state index contributed by atoms with van der Waals surface area (Å²) in [4.78, 5) is 17.6. The van der Waals surface area contributed by atoms with Crippen LogP contribution < -0.4 is 10.4 Å². The van der Waals surface area contributed by atoms with Gasteiger partial charge in [-0.2, -0.15) is 13.2 Å². The molecular weight excluding hydrogens is 598 g/mol.